The summed E-state index contributed by atoms with van der Waals surface area (Å²) in [6.45, 7) is 4.02. The van der Waals surface area contributed by atoms with Gasteiger partial charge >= 0.3 is 0 Å². The zero-order valence-electron chi connectivity index (χ0n) is 16.6. The molecule has 0 aliphatic heterocycles. The van der Waals surface area contributed by atoms with E-state index in [1.54, 1.807) is 30.7 Å². The number of hydrogen-bond acceptors (Lipinski definition) is 7. The van der Waals surface area contributed by atoms with E-state index >= 15 is 0 Å². The van der Waals surface area contributed by atoms with E-state index in [0.29, 0.717) is 40.2 Å². The SMILES string of the molecule is Cc1cccc(NC(=O)CCSc2nnc(-c3ccco3)c(-c3ccco3)n2)c1C. The Morgan fingerprint density at radius 2 is 1.70 bits per heavy atom. The minimum Gasteiger partial charge on any atom is -0.463 e. The van der Waals surface area contributed by atoms with Gasteiger partial charge in [0.2, 0.25) is 11.1 Å². The van der Waals surface area contributed by atoms with Gasteiger partial charge < -0.3 is 14.2 Å². The molecule has 152 valence electrons. The molecule has 0 radical (unpaired) electrons. The van der Waals surface area contributed by atoms with Crippen LogP contribution < -0.4 is 5.32 Å². The zero-order valence-corrected chi connectivity index (χ0v) is 17.4. The van der Waals surface area contributed by atoms with Crippen molar-refractivity contribution in [3.63, 3.8) is 0 Å². The summed E-state index contributed by atoms with van der Waals surface area (Å²) in [5.74, 6) is 1.61. The van der Waals surface area contributed by atoms with Gasteiger partial charge in [-0.2, -0.15) is 0 Å². The summed E-state index contributed by atoms with van der Waals surface area (Å²) in [5, 5.41) is 11.9. The van der Waals surface area contributed by atoms with Gasteiger partial charge in [0.1, 0.15) is 5.69 Å². The molecule has 1 amide bonds. The number of carbonyl (C=O) groups excluding carboxylic acids is 1. The van der Waals surface area contributed by atoms with Crippen LogP contribution in [-0.2, 0) is 4.79 Å². The molecule has 7 nitrogen and oxygen atoms in total. The van der Waals surface area contributed by atoms with Crippen LogP contribution in [-0.4, -0.2) is 26.8 Å². The second-order valence-electron chi connectivity index (χ2n) is 6.64. The molecule has 0 saturated heterocycles. The molecule has 3 aromatic heterocycles. The first-order valence-electron chi connectivity index (χ1n) is 9.43. The van der Waals surface area contributed by atoms with Gasteiger partial charge in [-0.25, -0.2) is 4.98 Å². The van der Waals surface area contributed by atoms with Crippen molar-refractivity contribution in [3.05, 3.63) is 66.1 Å². The van der Waals surface area contributed by atoms with Crippen molar-refractivity contribution < 1.29 is 13.6 Å². The molecule has 0 unspecified atom stereocenters. The van der Waals surface area contributed by atoms with Crippen LogP contribution in [0.4, 0.5) is 5.69 Å². The highest BCUT2D eigenvalue weighted by Gasteiger charge is 2.18. The normalized spacial score (nSPS) is 10.9. The Bertz CT molecular complexity index is 1140. The van der Waals surface area contributed by atoms with Gasteiger partial charge in [-0.1, -0.05) is 23.9 Å². The molecule has 1 aromatic carbocycles. The molecule has 4 aromatic rings. The molecule has 8 heteroatoms. The lowest BCUT2D eigenvalue weighted by atomic mass is 10.1. The monoisotopic (exact) mass is 420 g/mol. The third kappa shape index (κ3) is 4.44. The van der Waals surface area contributed by atoms with E-state index in [-0.39, 0.29) is 5.91 Å². The van der Waals surface area contributed by atoms with Crippen molar-refractivity contribution >= 4 is 23.4 Å². The van der Waals surface area contributed by atoms with E-state index < -0.39 is 0 Å². The lowest BCUT2D eigenvalue weighted by Gasteiger charge is -2.10. The molecule has 0 aliphatic rings. The second-order valence-corrected chi connectivity index (χ2v) is 7.70. The maximum absolute atomic E-state index is 12.3. The number of furan rings is 2. The molecule has 0 fully saturated rings. The number of rotatable bonds is 7. The van der Waals surface area contributed by atoms with E-state index in [4.69, 9.17) is 8.83 Å². The van der Waals surface area contributed by atoms with Crippen molar-refractivity contribution in [2.75, 3.05) is 11.1 Å². The summed E-state index contributed by atoms with van der Waals surface area (Å²) in [6.07, 6.45) is 3.48. The zero-order chi connectivity index (χ0) is 20.9. The highest BCUT2D eigenvalue weighted by atomic mass is 32.2. The standard InChI is InChI=1S/C22H20N4O3S/c1-14-6-3-7-16(15(14)2)23-19(27)10-13-30-22-24-20(17-8-4-11-28-17)21(25-26-22)18-9-5-12-29-18/h3-9,11-12H,10,13H2,1-2H3,(H,23,27). The average Bonchev–Trinajstić information content (AvgIpc) is 3.45. The summed E-state index contributed by atoms with van der Waals surface area (Å²) in [6, 6.07) is 13.0. The first-order chi connectivity index (χ1) is 14.6. The topological polar surface area (TPSA) is 94.1 Å². The lowest BCUT2D eigenvalue weighted by Crippen LogP contribution is -2.13. The van der Waals surface area contributed by atoms with Crippen molar-refractivity contribution in [1.29, 1.82) is 0 Å². The molecule has 0 atom stereocenters. The second kappa shape index (κ2) is 8.96. The Balaban J connectivity index is 1.43. The fraction of sp³-hybridized carbons (Fsp3) is 0.182. The number of aromatic nitrogens is 3. The van der Waals surface area contributed by atoms with Crippen LogP contribution in [0.25, 0.3) is 22.9 Å². The fourth-order valence-electron chi connectivity index (χ4n) is 2.87. The lowest BCUT2D eigenvalue weighted by molar-refractivity contribution is -0.115. The number of amides is 1. The summed E-state index contributed by atoms with van der Waals surface area (Å²) in [7, 11) is 0. The maximum Gasteiger partial charge on any atom is 0.225 e. The minimum absolute atomic E-state index is 0.0531. The molecule has 0 bridgehead atoms. The largest absolute Gasteiger partial charge is 0.463 e. The van der Waals surface area contributed by atoms with Crippen molar-refractivity contribution in [2.45, 2.75) is 25.4 Å². The molecular formula is C22H20N4O3S. The van der Waals surface area contributed by atoms with E-state index in [2.05, 4.69) is 20.5 Å². The van der Waals surface area contributed by atoms with Gasteiger partial charge in [-0.3, -0.25) is 4.79 Å². The molecule has 1 N–H and O–H groups in total. The van der Waals surface area contributed by atoms with Crippen LogP contribution in [0.5, 0.6) is 0 Å². The fourth-order valence-corrected chi connectivity index (χ4v) is 3.60. The predicted octanol–water partition coefficient (Wildman–Crippen LogP) is 5.13. The van der Waals surface area contributed by atoms with Gasteiger partial charge in [0.05, 0.1) is 12.5 Å². The molecule has 0 saturated carbocycles. The minimum atomic E-state index is -0.0531. The van der Waals surface area contributed by atoms with E-state index in [9.17, 15) is 4.79 Å². The Labute approximate surface area is 177 Å². The van der Waals surface area contributed by atoms with Crippen LogP contribution >= 0.6 is 11.8 Å². The van der Waals surface area contributed by atoms with Crippen molar-refractivity contribution in [2.24, 2.45) is 0 Å². The number of thioether (sulfide) groups is 1. The molecule has 0 aliphatic carbocycles. The van der Waals surface area contributed by atoms with Gasteiger partial charge in [0.15, 0.2) is 17.2 Å². The third-order valence-electron chi connectivity index (χ3n) is 4.62. The first kappa shape index (κ1) is 19.9. The molecule has 30 heavy (non-hydrogen) atoms. The number of carbonyl (C=O) groups is 1. The molecule has 4 rings (SSSR count). The van der Waals surface area contributed by atoms with Crippen molar-refractivity contribution in [3.8, 4) is 22.9 Å². The van der Waals surface area contributed by atoms with E-state index in [1.807, 2.05) is 38.1 Å². The quantitative estimate of drug-likeness (QED) is 0.414. The van der Waals surface area contributed by atoms with E-state index in [0.717, 1.165) is 16.8 Å². The predicted molar refractivity (Wildman–Crippen MR) is 115 cm³/mol. The van der Waals surface area contributed by atoms with Gasteiger partial charge in [0, 0.05) is 17.9 Å². The Morgan fingerprint density at radius 1 is 0.967 bits per heavy atom. The van der Waals surface area contributed by atoms with E-state index in [1.165, 1.54) is 11.8 Å². The molecule has 0 spiro atoms. The average molecular weight is 420 g/mol. The number of benzene rings is 1. The van der Waals surface area contributed by atoms with Gasteiger partial charge in [0.25, 0.3) is 0 Å². The highest BCUT2D eigenvalue weighted by Crippen LogP contribution is 2.30. The van der Waals surface area contributed by atoms with Gasteiger partial charge in [-0.05, 0) is 55.3 Å². The van der Waals surface area contributed by atoms with Crippen LogP contribution in [0.3, 0.4) is 0 Å². The smallest absolute Gasteiger partial charge is 0.225 e. The number of aryl methyl sites for hydroxylation is 1. The summed E-state index contributed by atoms with van der Waals surface area (Å²) < 4.78 is 10.9. The third-order valence-corrected chi connectivity index (χ3v) is 5.45. The van der Waals surface area contributed by atoms with Crippen LogP contribution in [0.15, 0.2) is 69.0 Å². The highest BCUT2D eigenvalue weighted by molar-refractivity contribution is 7.99. The summed E-state index contributed by atoms with van der Waals surface area (Å²) >= 11 is 1.37. The molecule has 3 heterocycles. The first-order valence-corrected chi connectivity index (χ1v) is 10.4. The van der Waals surface area contributed by atoms with Gasteiger partial charge in [-0.15, -0.1) is 10.2 Å². The Hall–Kier alpha value is -3.39. The Morgan fingerprint density at radius 3 is 2.40 bits per heavy atom. The number of hydrogen-bond donors (Lipinski definition) is 1. The van der Waals surface area contributed by atoms with Crippen LogP contribution in [0.1, 0.15) is 17.5 Å². The van der Waals surface area contributed by atoms with Crippen LogP contribution in [0.2, 0.25) is 0 Å². The van der Waals surface area contributed by atoms with Crippen molar-refractivity contribution in [1.82, 2.24) is 15.2 Å². The van der Waals surface area contributed by atoms with Crippen LogP contribution in [0, 0.1) is 13.8 Å². The Kier molecular flexibility index (Phi) is 5.94. The summed E-state index contributed by atoms with van der Waals surface area (Å²) in [5.41, 5.74) is 4.11. The number of anilines is 1. The summed E-state index contributed by atoms with van der Waals surface area (Å²) in [4.78, 5) is 16.9. The maximum atomic E-state index is 12.3. The number of nitrogens with zero attached hydrogens (tertiary/aromatic N) is 3. The molecular weight excluding hydrogens is 400 g/mol. The number of nitrogens with one attached hydrogen (secondary N) is 1.